The summed E-state index contributed by atoms with van der Waals surface area (Å²) in [5.41, 5.74) is 3.32. The van der Waals surface area contributed by atoms with Gasteiger partial charge in [0.15, 0.2) is 11.6 Å². The molecule has 0 saturated heterocycles. The van der Waals surface area contributed by atoms with Gasteiger partial charge in [-0.2, -0.15) is 9.29 Å². The molecular formula is C22H25FN6O4S2. The van der Waals surface area contributed by atoms with Gasteiger partial charge in [-0.05, 0) is 61.2 Å². The molecule has 0 saturated carbocycles. The monoisotopic (exact) mass is 520 g/mol. The van der Waals surface area contributed by atoms with Gasteiger partial charge in [-0.15, -0.1) is 0 Å². The molecule has 0 unspecified atom stereocenters. The summed E-state index contributed by atoms with van der Waals surface area (Å²) >= 11 is 0. The predicted octanol–water partition coefficient (Wildman–Crippen LogP) is 2.77. The summed E-state index contributed by atoms with van der Waals surface area (Å²) in [7, 11) is -7.18. The Bertz CT molecular complexity index is 1500. The summed E-state index contributed by atoms with van der Waals surface area (Å²) in [6, 6.07) is 9.97. The Morgan fingerprint density at radius 2 is 1.77 bits per heavy atom. The first-order valence-corrected chi connectivity index (χ1v) is 13.9. The van der Waals surface area contributed by atoms with Crippen molar-refractivity contribution in [3.05, 3.63) is 65.1 Å². The van der Waals surface area contributed by atoms with Crippen molar-refractivity contribution in [2.24, 2.45) is 5.14 Å². The zero-order valence-corrected chi connectivity index (χ0v) is 20.7. The van der Waals surface area contributed by atoms with Crippen molar-refractivity contribution >= 4 is 43.2 Å². The number of halogens is 1. The van der Waals surface area contributed by atoms with Crippen LogP contribution < -0.4 is 15.8 Å². The van der Waals surface area contributed by atoms with Gasteiger partial charge < -0.3 is 10.6 Å². The minimum atomic E-state index is -3.91. The van der Waals surface area contributed by atoms with Crippen LogP contribution in [0.2, 0.25) is 0 Å². The Morgan fingerprint density at radius 3 is 2.49 bits per heavy atom. The fraction of sp³-hybridized carbons (Fsp3) is 0.273. The molecule has 2 heterocycles. The number of aromatic nitrogens is 2. The van der Waals surface area contributed by atoms with E-state index < -0.39 is 25.9 Å². The summed E-state index contributed by atoms with van der Waals surface area (Å²) in [6.07, 6.45) is 1.54. The van der Waals surface area contributed by atoms with E-state index in [-0.39, 0.29) is 22.4 Å². The van der Waals surface area contributed by atoms with Crippen LogP contribution in [0.15, 0.2) is 47.5 Å². The lowest BCUT2D eigenvalue weighted by Gasteiger charge is -2.28. The quantitative estimate of drug-likeness (QED) is 0.431. The summed E-state index contributed by atoms with van der Waals surface area (Å²) < 4.78 is 63.8. The zero-order valence-electron chi connectivity index (χ0n) is 19.1. The van der Waals surface area contributed by atoms with E-state index in [1.54, 1.807) is 32.0 Å². The highest BCUT2D eigenvalue weighted by molar-refractivity contribution is 7.89. The van der Waals surface area contributed by atoms with Crippen LogP contribution >= 0.6 is 0 Å². The van der Waals surface area contributed by atoms with Gasteiger partial charge >= 0.3 is 0 Å². The van der Waals surface area contributed by atoms with Crippen LogP contribution in [0.1, 0.15) is 23.6 Å². The fourth-order valence-corrected chi connectivity index (χ4v) is 5.67. The van der Waals surface area contributed by atoms with Crippen molar-refractivity contribution in [3.8, 4) is 0 Å². The number of nitrogens with zero attached hydrogens (tertiary/aromatic N) is 3. The smallest absolute Gasteiger partial charge is 0.238 e. The summed E-state index contributed by atoms with van der Waals surface area (Å²) in [4.78, 5) is 8.05. The van der Waals surface area contributed by atoms with Crippen molar-refractivity contribution in [2.75, 3.05) is 22.9 Å². The van der Waals surface area contributed by atoms with Gasteiger partial charge in [0.25, 0.3) is 0 Å². The van der Waals surface area contributed by atoms with Crippen LogP contribution in [0.4, 0.5) is 27.5 Å². The Morgan fingerprint density at radius 1 is 1.06 bits per heavy atom. The molecule has 0 bridgehead atoms. The molecule has 4 rings (SSSR count). The van der Waals surface area contributed by atoms with Gasteiger partial charge in [-0.25, -0.2) is 31.3 Å². The maximum absolute atomic E-state index is 14.4. The average molecular weight is 521 g/mol. The molecule has 186 valence electrons. The van der Waals surface area contributed by atoms with Gasteiger partial charge in [-0.3, -0.25) is 0 Å². The van der Waals surface area contributed by atoms with Crippen molar-refractivity contribution in [1.29, 1.82) is 0 Å². The third kappa shape index (κ3) is 5.59. The van der Waals surface area contributed by atoms with E-state index in [4.69, 9.17) is 5.14 Å². The highest BCUT2D eigenvalue weighted by Crippen LogP contribution is 2.27. The number of rotatable bonds is 7. The molecule has 0 spiro atoms. The van der Waals surface area contributed by atoms with Gasteiger partial charge in [0.2, 0.25) is 26.0 Å². The second-order valence-electron chi connectivity index (χ2n) is 8.13. The number of aryl methyl sites for hydroxylation is 1. The van der Waals surface area contributed by atoms with E-state index in [0.29, 0.717) is 36.4 Å². The second-order valence-corrected chi connectivity index (χ2v) is 11.9. The molecule has 3 aromatic rings. The van der Waals surface area contributed by atoms with Crippen LogP contribution in [0.3, 0.4) is 0 Å². The minimum absolute atomic E-state index is 0.0395. The van der Waals surface area contributed by atoms with E-state index in [2.05, 4.69) is 20.6 Å². The number of primary sulfonamides is 1. The van der Waals surface area contributed by atoms with E-state index in [0.717, 1.165) is 17.3 Å². The number of hydrogen-bond donors (Lipinski definition) is 3. The van der Waals surface area contributed by atoms with Crippen LogP contribution in [0, 0.1) is 12.7 Å². The Kier molecular flexibility index (Phi) is 6.77. The lowest BCUT2D eigenvalue weighted by Crippen LogP contribution is -2.36. The average Bonchev–Trinajstić information content (AvgIpc) is 2.81. The first-order valence-electron chi connectivity index (χ1n) is 10.8. The van der Waals surface area contributed by atoms with E-state index >= 15 is 0 Å². The van der Waals surface area contributed by atoms with Gasteiger partial charge in [0.05, 0.1) is 16.8 Å². The van der Waals surface area contributed by atoms with Crippen LogP contribution in [0.25, 0.3) is 0 Å². The molecule has 4 N–H and O–H groups in total. The van der Waals surface area contributed by atoms with Gasteiger partial charge in [-0.1, -0.05) is 12.1 Å². The molecule has 1 aliphatic rings. The molecule has 0 radical (unpaired) electrons. The summed E-state index contributed by atoms with van der Waals surface area (Å²) in [6.45, 7) is 3.94. The number of anilines is 4. The second kappa shape index (κ2) is 9.49. The van der Waals surface area contributed by atoms with E-state index in [1.165, 1.54) is 10.4 Å². The predicted molar refractivity (Wildman–Crippen MR) is 131 cm³/mol. The maximum Gasteiger partial charge on any atom is 0.238 e. The molecular weight excluding hydrogens is 495 g/mol. The number of nitrogens with one attached hydrogen (secondary N) is 2. The SMILES string of the molecule is CCS(=O)(=O)N1CCc2cc(Nc3nc(Nc4ccc(C)c(S(N)(=O)=O)c4)ncc3F)ccc2C1. The molecule has 1 aliphatic heterocycles. The Hall–Kier alpha value is -3.13. The third-order valence-electron chi connectivity index (χ3n) is 5.70. The standard InChI is InChI=1S/C22H25FN6O4S2/c1-3-34(30,31)29-9-8-15-10-17(7-5-16(15)13-29)26-21-19(23)12-25-22(28-21)27-18-6-4-14(2)20(11-18)35(24,32)33/h4-7,10-12H,3,8-9,13H2,1-2H3,(H2,24,32,33)(H2,25,26,27,28). The van der Waals surface area contributed by atoms with E-state index in [1.807, 2.05) is 12.1 Å². The molecule has 0 aliphatic carbocycles. The number of hydrogen-bond acceptors (Lipinski definition) is 8. The van der Waals surface area contributed by atoms with Crippen molar-refractivity contribution in [3.63, 3.8) is 0 Å². The van der Waals surface area contributed by atoms with Crippen LogP contribution in [0.5, 0.6) is 0 Å². The lowest BCUT2D eigenvalue weighted by atomic mass is 10.0. The lowest BCUT2D eigenvalue weighted by molar-refractivity contribution is 0.392. The maximum atomic E-state index is 14.4. The molecule has 13 heteroatoms. The highest BCUT2D eigenvalue weighted by Gasteiger charge is 2.25. The molecule has 0 amide bonds. The van der Waals surface area contributed by atoms with Gasteiger partial charge in [0, 0.05) is 24.5 Å². The van der Waals surface area contributed by atoms with Crippen molar-refractivity contribution in [1.82, 2.24) is 14.3 Å². The summed E-state index contributed by atoms with van der Waals surface area (Å²) in [5, 5.41) is 11.0. The molecule has 0 fully saturated rings. The first-order chi connectivity index (χ1) is 16.5. The van der Waals surface area contributed by atoms with Crippen LogP contribution in [-0.2, 0) is 33.0 Å². The number of nitrogens with two attached hydrogens (primary N) is 1. The fourth-order valence-electron chi connectivity index (χ4n) is 3.79. The molecule has 1 aromatic heterocycles. The Balaban J connectivity index is 1.54. The summed E-state index contributed by atoms with van der Waals surface area (Å²) in [5.74, 6) is -0.650. The molecule has 0 atom stereocenters. The van der Waals surface area contributed by atoms with Crippen molar-refractivity contribution in [2.45, 2.75) is 31.7 Å². The zero-order chi connectivity index (χ0) is 25.4. The van der Waals surface area contributed by atoms with Crippen molar-refractivity contribution < 1.29 is 21.2 Å². The molecule has 2 aromatic carbocycles. The van der Waals surface area contributed by atoms with E-state index in [9.17, 15) is 21.2 Å². The number of fused-ring (bicyclic) bond motifs is 1. The minimum Gasteiger partial charge on any atom is -0.338 e. The highest BCUT2D eigenvalue weighted by atomic mass is 32.2. The topological polar surface area (TPSA) is 147 Å². The van der Waals surface area contributed by atoms with Crippen LogP contribution in [-0.4, -0.2) is 43.4 Å². The third-order valence-corrected chi connectivity index (χ3v) is 8.58. The van der Waals surface area contributed by atoms with Gasteiger partial charge in [0.1, 0.15) is 0 Å². The molecule has 35 heavy (non-hydrogen) atoms. The number of sulfonamides is 2. The normalized spacial score (nSPS) is 14.4. The number of benzene rings is 2. The largest absolute Gasteiger partial charge is 0.338 e. The Labute approximate surface area is 203 Å². The first kappa shape index (κ1) is 25.0. The molecule has 10 nitrogen and oxygen atoms in total.